The molecule has 0 heterocycles. The zero-order valence-corrected chi connectivity index (χ0v) is 9.29. The lowest BCUT2D eigenvalue weighted by Crippen LogP contribution is -2.12. The van der Waals surface area contributed by atoms with Gasteiger partial charge in [-0.2, -0.15) is 0 Å². The number of anilines is 2. The first-order valence-electron chi connectivity index (χ1n) is 4.92. The van der Waals surface area contributed by atoms with Gasteiger partial charge in [-0.05, 0) is 18.9 Å². The van der Waals surface area contributed by atoms with Crippen LogP contribution in [-0.4, -0.2) is 9.91 Å². The van der Waals surface area contributed by atoms with E-state index in [0.717, 1.165) is 12.8 Å². The molecule has 0 spiro atoms. The van der Waals surface area contributed by atoms with E-state index in [1.807, 2.05) is 0 Å². The number of non-ortho nitro benzene ring substituents is 1. The lowest BCUT2D eigenvalue weighted by molar-refractivity contribution is -0.384. The summed E-state index contributed by atoms with van der Waals surface area (Å²) in [6.45, 7) is 0. The molecule has 0 unspecified atom stereocenters. The molecular weight excluding hydrogens is 226 g/mol. The van der Waals surface area contributed by atoms with Crippen LogP contribution >= 0.6 is 12.2 Å². The molecule has 1 aliphatic carbocycles. The van der Waals surface area contributed by atoms with E-state index < -0.39 is 4.92 Å². The van der Waals surface area contributed by atoms with Crippen molar-refractivity contribution in [1.82, 2.24) is 0 Å². The summed E-state index contributed by atoms with van der Waals surface area (Å²) < 4.78 is 0. The Kier molecular flexibility index (Phi) is 2.74. The molecule has 0 aromatic heterocycles. The molecular formula is C10H11N3O2S. The van der Waals surface area contributed by atoms with E-state index in [0.29, 0.717) is 22.3 Å². The number of nitrogens with one attached hydrogen (secondary N) is 1. The molecule has 3 N–H and O–H groups in total. The first kappa shape index (κ1) is 10.8. The Morgan fingerprint density at radius 1 is 1.56 bits per heavy atom. The maximum absolute atomic E-state index is 10.6. The molecule has 5 nitrogen and oxygen atoms in total. The number of nitrogens with two attached hydrogens (primary N) is 1. The van der Waals surface area contributed by atoms with Crippen molar-refractivity contribution in [3.05, 3.63) is 28.3 Å². The second-order valence-electron chi connectivity index (χ2n) is 3.79. The standard InChI is InChI=1S/C10H11N3O2S/c11-8-4-3-7(13(14)15)5-9(8)12-10(16)6-1-2-6/h3-6H,1-2,11H2,(H,12,16). The number of nitrogen functional groups attached to an aromatic ring is 1. The van der Waals surface area contributed by atoms with Gasteiger partial charge in [-0.3, -0.25) is 10.1 Å². The van der Waals surface area contributed by atoms with E-state index in [-0.39, 0.29) is 5.69 Å². The van der Waals surface area contributed by atoms with Gasteiger partial charge in [-0.15, -0.1) is 0 Å². The van der Waals surface area contributed by atoms with Crippen molar-refractivity contribution in [2.45, 2.75) is 12.8 Å². The van der Waals surface area contributed by atoms with Crippen molar-refractivity contribution in [1.29, 1.82) is 0 Å². The van der Waals surface area contributed by atoms with Gasteiger partial charge >= 0.3 is 0 Å². The summed E-state index contributed by atoms with van der Waals surface area (Å²) in [4.78, 5) is 10.9. The van der Waals surface area contributed by atoms with Crippen LogP contribution in [0, 0.1) is 16.0 Å². The van der Waals surface area contributed by atoms with Crippen molar-refractivity contribution in [2.24, 2.45) is 5.92 Å². The second kappa shape index (κ2) is 4.05. The highest BCUT2D eigenvalue weighted by molar-refractivity contribution is 7.80. The fourth-order valence-corrected chi connectivity index (χ4v) is 1.69. The number of hydrogen-bond acceptors (Lipinski definition) is 4. The highest BCUT2D eigenvalue weighted by atomic mass is 32.1. The third kappa shape index (κ3) is 2.27. The van der Waals surface area contributed by atoms with Crippen molar-refractivity contribution < 1.29 is 4.92 Å². The summed E-state index contributed by atoms with van der Waals surface area (Å²) in [5.41, 5.74) is 6.71. The molecule has 1 saturated carbocycles. The summed E-state index contributed by atoms with van der Waals surface area (Å²) in [6.07, 6.45) is 2.17. The number of nitrogens with zero attached hydrogens (tertiary/aromatic N) is 1. The van der Waals surface area contributed by atoms with Gasteiger partial charge in [0, 0.05) is 18.1 Å². The number of nitro groups is 1. The average Bonchev–Trinajstić information content (AvgIpc) is 3.04. The zero-order valence-electron chi connectivity index (χ0n) is 8.47. The van der Waals surface area contributed by atoms with E-state index in [1.54, 1.807) is 0 Å². The Hall–Kier alpha value is -1.69. The summed E-state index contributed by atoms with van der Waals surface area (Å²) >= 11 is 5.15. The predicted octanol–water partition coefficient (Wildman–Crippen LogP) is 2.33. The van der Waals surface area contributed by atoms with E-state index in [2.05, 4.69) is 5.32 Å². The van der Waals surface area contributed by atoms with Crippen LogP contribution in [0.4, 0.5) is 17.1 Å². The minimum Gasteiger partial charge on any atom is -0.397 e. The van der Waals surface area contributed by atoms with Gasteiger partial charge in [0.2, 0.25) is 0 Å². The summed E-state index contributed by atoms with van der Waals surface area (Å²) in [5.74, 6) is 0.411. The minimum absolute atomic E-state index is 0.00953. The smallest absolute Gasteiger partial charge is 0.271 e. The third-order valence-electron chi connectivity index (χ3n) is 2.45. The zero-order chi connectivity index (χ0) is 11.7. The molecule has 0 atom stereocenters. The summed E-state index contributed by atoms with van der Waals surface area (Å²) in [6, 6.07) is 4.29. The van der Waals surface area contributed by atoms with Crippen molar-refractivity contribution in [3.8, 4) is 0 Å². The van der Waals surface area contributed by atoms with E-state index in [9.17, 15) is 10.1 Å². The fourth-order valence-electron chi connectivity index (χ4n) is 1.35. The number of rotatable bonds is 3. The van der Waals surface area contributed by atoms with Gasteiger partial charge in [-0.25, -0.2) is 0 Å². The molecule has 6 heteroatoms. The normalized spacial score (nSPS) is 14.5. The van der Waals surface area contributed by atoms with Gasteiger partial charge in [0.25, 0.3) is 5.69 Å². The molecule has 1 aliphatic rings. The Labute approximate surface area is 97.8 Å². The third-order valence-corrected chi connectivity index (χ3v) is 2.89. The Bertz CT molecular complexity index is 457. The molecule has 0 bridgehead atoms. The quantitative estimate of drug-likeness (QED) is 0.365. The van der Waals surface area contributed by atoms with E-state index in [1.165, 1.54) is 18.2 Å². The van der Waals surface area contributed by atoms with E-state index >= 15 is 0 Å². The van der Waals surface area contributed by atoms with Crippen molar-refractivity contribution >= 4 is 34.3 Å². The van der Waals surface area contributed by atoms with Crippen molar-refractivity contribution in [2.75, 3.05) is 11.1 Å². The van der Waals surface area contributed by atoms with Crippen molar-refractivity contribution in [3.63, 3.8) is 0 Å². The number of benzene rings is 1. The lowest BCUT2D eigenvalue weighted by Gasteiger charge is -2.09. The molecule has 0 radical (unpaired) electrons. The molecule has 0 aliphatic heterocycles. The monoisotopic (exact) mass is 237 g/mol. The largest absolute Gasteiger partial charge is 0.397 e. The molecule has 1 fully saturated rings. The molecule has 1 aromatic carbocycles. The van der Waals surface area contributed by atoms with Crippen LogP contribution in [0.3, 0.4) is 0 Å². The SMILES string of the molecule is Nc1ccc([N+](=O)[O-])cc1NC(=S)C1CC1. The molecule has 1 aromatic rings. The number of hydrogen-bond donors (Lipinski definition) is 2. The van der Waals surface area contributed by atoms with Gasteiger partial charge in [0.1, 0.15) is 0 Å². The fraction of sp³-hybridized carbons (Fsp3) is 0.300. The topological polar surface area (TPSA) is 81.2 Å². The molecule has 16 heavy (non-hydrogen) atoms. The van der Waals surface area contributed by atoms with Gasteiger partial charge in [-0.1, -0.05) is 12.2 Å². The lowest BCUT2D eigenvalue weighted by atomic mass is 10.2. The molecule has 84 valence electrons. The number of thiocarbonyl (C=S) groups is 1. The summed E-state index contributed by atoms with van der Waals surface area (Å²) in [7, 11) is 0. The minimum atomic E-state index is -0.454. The van der Waals surface area contributed by atoms with Gasteiger partial charge in [0.05, 0.1) is 21.3 Å². The maximum atomic E-state index is 10.6. The second-order valence-corrected chi connectivity index (χ2v) is 4.23. The Balaban J connectivity index is 2.20. The van der Waals surface area contributed by atoms with Crippen LogP contribution in [0.25, 0.3) is 0 Å². The van der Waals surface area contributed by atoms with Crippen LogP contribution in [0.1, 0.15) is 12.8 Å². The van der Waals surface area contributed by atoms with Crippen LogP contribution in [0.15, 0.2) is 18.2 Å². The average molecular weight is 237 g/mol. The maximum Gasteiger partial charge on any atom is 0.271 e. The highest BCUT2D eigenvalue weighted by Crippen LogP contribution is 2.33. The highest BCUT2D eigenvalue weighted by Gasteiger charge is 2.26. The van der Waals surface area contributed by atoms with Crippen LogP contribution in [0.2, 0.25) is 0 Å². The van der Waals surface area contributed by atoms with Crippen LogP contribution in [0.5, 0.6) is 0 Å². The number of nitro benzene ring substituents is 1. The first-order chi connectivity index (χ1) is 7.58. The summed E-state index contributed by atoms with van der Waals surface area (Å²) in [5, 5.41) is 13.6. The molecule has 0 amide bonds. The van der Waals surface area contributed by atoms with Gasteiger partial charge < -0.3 is 11.1 Å². The van der Waals surface area contributed by atoms with Crippen LogP contribution in [-0.2, 0) is 0 Å². The van der Waals surface area contributed by atoms with E-state index in [4.69, 9.17) is 18.0 Å². The molecule has 0 saturated heterocycles. The molecule has 2 rings (SSSR count). The first-order valence-corrected chi connectivity index (χ1v) is 5.33. The Morgan fingerprint density at radius 2 is 2.25 bits per heavy atom. The predicted molar refractivity (Wildman–Crippen MR) is 66.5 cm³/mol. The Morgan fingerprint density at radius 3 is 2.81 bits per heavy atom. The van der Waals surface area contributed by atoms with Crippen LogP contribution < -0.4 is 11.1 Å². The van der Waals surface area contributed by atoms with Gasteiger partial charge in [0.15, 0.2) is 0 Å².